The first kappa shape index (κ1) is 12.7. The van der Waals surface area contributed by atoms with Gasteiger partial charge in [-0.1, -0.05) is 18.2 Å². The van der Waals surface area contributed by atoms with Crippen molar-refractivity contribution in [2.24, 2.45) is 0 Å². The number of rotatable bonds is 3. The van der Waals surface area contributed by atoms with Gasteiger partial charge in [-0.3, -0.25) is 0 Å². The standard InChI is InChI=1S/C16H17NO3/c1-16(2)19-14-8-7-12(9-15(14)20-16)17-10-11-5-3-4-6-13(11)18/h3-9,17-18H,10H2,1-2H3. The van der Waals surface area contributed by atoms with Crippen molar-refractivity contribution in [1.29, 1.82) is 0 Å². The molecule has 2 aromatic rings. The number of ether oxygens (including phenoxy) is 2. The molecule has 20 heavy (non-hydrogen) atoms. The third-order valence-electron chi connectivity index (χ3n) is 3.13. The van der Waals surface area contributed by atoms with Crippen LogP contribution in [-0.2, 0) is 6.54 Å². The molecule has 2 aromatic carbocycles. The molecule has 0 radical (unpaired) electrons. The van der Waals surface area contributed by atoms with Crippen LogP contribution in [0.5, 0.6) is 17.2 Å². The van der Waals surface area contributed by atoms with Gasteiger partial charge in [-0.15, -0.1) is 0 Å². The average Bonchev–Trinajstić information content (AvgIpc) is 2.71. The molecule has 0 atom stereocenters. The van der Waals surface area contributed by atoms with E-state index in [1.807, 2.05) is 50.2 Å². The van der Waals surface area contributed by atoms with E-state index < -0.39 is 5.79 Å². The summed E-state index contributed by atoms with van der Waals surface area (Å²) in [7, 11) is 0. The van der Waals surface area contributed by atoms with Crippen LogP contribution in [0.15, 0.2) is 42.5 Å². The first-order chi connectivity index (χ1) is 9.53. The second-order valence-electron chi connectivity index (χ2n) is 5.25. The van der Waals surface area contributed by atoms with Gasteiger partial charge in [0.05, 0.1) is 0 Å². The normalized spacial score (nSPS) is 15.1. The molecule has 0 aliphatic carbocycles. The molecule has 3 rings (SSSR count). The summed E-state index contributed by atoms with van der Waals surface area (Å²) >= 11 is 0. The highest BCUT2D eigenvalue weighted by atomic mass is 16.7. The highest BCUT2D eigenvalue weighted by Crippen LogP contribution is 2.40. The Bertz CT molecular complexity index is 637. The molecule has 0 amide bonds. The summed E-state index contributed by atoms with van der Waals surface area (Å²) < 4.78 is 11.3. The SMILES string of the molecule is CC1(C)Oc2ccc(NCc3ccccc3O)cc2O1. The van der Waals surface area contributed by atoms with Crippen molar-refractivity contribution >= 4 is 5.69 Å². The number of para-hydroxylation sites is 1. The number of hydrogen-bond donors (Lipinski definition) is 2. The zero-order valence-electron chi connectivity index (χ0n) is 11.5. The zero-order chi connectivity index (χ0) is 14.2. The number of fused-ring (bicyclic) bond motifs is 1. The summed E-state index contributed by atoms with van der Waals surface area (Å²) in [6.07, 6.45) is 0. The van der Waals surface area contributed by atoms with Gasteiger partial charge >= 0.3 is 0 Å². The van der Waals surface area contributed by atoms with Crippen molar-refractivity contribution in [3.63, 3.8) is 0 Å². The van der Waals surface area contributed by atoms with E-state index in [0.29, 0.717) is 12.3 Å². The largest absolute Gasteiger partial charge is 0.508 e. The van der Waals surface area contributed by atoms with Gasteiger partial charge in [0.1, 0.15) is 5.75 Å². The Morgan fingerprint density at radius 1 is 1.05 bits per heavy atom. The fourth-order valence-corrected chi connectivity index (χ4v) is 2.19. The van der Waals surface area contributed by atoms with Crippen molar-refractivity contribution in [2.75, 3.05) is 5.32 Å². The molecule has 0 spiro atoms. The molecule has 0 saturated carbocycles. The minimum absolute atomic E-state index is 0.293. The summed E-state index contributed by atoms with van der Waals surface area (Å²) in [6.45, 7) is 4.31. The van der Waals surface area contributed by atoms with Crippen LogP contribution in [0.1, 0.15) is 19.4 Å². The quantitative estimate of drug-likeness (QED) is 0.897. The minimum atomic E-state index is -0.612. The Balaban J connectivity index is 1.73. The number of hydrogen-bond acceptors (Lipinski definition) is 4. The molecular weight excluding hydrogens is 254 g/mol. The first-order valence-corrected chi connectivity index (χ1v) is 6.56. The summed E-state index contributed by atoms with van der Waals surface area (Å²) in [5.41, 5.74) is 1.78. The minimum Gasteiger partial charge on any atom is -0.508 e. The van der Waals surface area contributed by atoms with Crippen molar-refractivity contribution < 1.29 is 14.6 Å². The number of anilines is 1. The summed E-state index contributed by atoms with van der Waals surface area (Å²) in [5.74, 6) is 1.17. The molecule has 4 nitrogen and oxygen atoms in total. The number of aromatic hydroxyl groups is 1. The lowest BCUT2D eigenvalue weighted by Gasteiger charge is -2.16. The van der Waals surface area contributed by atoms with Crippen molar-refractivity contribution in [3.05, 3.63) is 48.0 Å². The molecule has 0 saturated heterocycles. The second-order valence-corrected chi connectivity index (χ2v) is 5.25. The number of phenols is 1. The number of phenolic OH excluding ortho intramolecular Hbond substituents is 1. The van der Waals surface area contributed by atoms with Gasteiger partial charge in [0.25, 0.3) is 0 Å². The van der Waals surface area contributed by atoms with E-state index in [0.717, 1.165) is 22.7 Å². The van der Waals surface area contributed by atoms with Crippen LogP contribution in [0.4, 0.5) is 5.69 Å². The van der Waals surface area contributed by atoms with Gasteiger partial charge in [0.15, 0.2) is 11.5 Å². The van der Waals surface area contributed by atoms with Gasteiger partial charge in [-0.25, -0.2) is 0 Å². The van der Waals surface area contributed by atoms with E-state index >= 15 is 0 Å². The Hall–Kier alpha value is -2.36. The maximum atomic E-state index is 9.73. The van der Waals surface area contributed by atoms with E-state index in [-0.39, 0.29) is 0 Å². The molecule has 1 heterocycles. The molecule has 0 bridgehead atoms. The molecule has 104 valence electrons. The topological polar surface area (TPSA) is 50.7 Å². The van der Waals surface area contributed by atoms with Crippen LogP contribution in [0.3, 0.4) is 0 Å². The lowest BCUT2D eigenvalue weighted by molar-refractivity contribution is -0.0431. The van der Waals surface area contributed by atoms with E-state index in [1.165, 1.54) is 0 Å². The average molecular weight is 271 g/mol. The highest BCUT2D eigenvalue weighted by Gasteiger charge is 2.31. The van der Waals surface area contributed by atoms with Gasteiger partial charge < -0.3 is 19.9 Å². The van der Waals surface area contributed by atoms with E-state index in [1.54, 1.807) is 6.07 Å². The van der Waals surface area contributed by atoms with Crippen LogP contribution in [0.25, 0.3) is 0 Å². The molecular formula is C16H17NO3. The second kappa shape index (κ2) is 4.63. The van der Waals surface area contributed by atoms with Crippen LogP contribution in [0.2, 0.25) is 0 Å². The first-order valence-electron chi connectivity index (χ1n) is 6.56. The van der Waals surface area contributed by atoms with Gasteiger partial charge in [-0.05, 0) is 18.2 Å². The van der Waals surface area contributed by atoms with Crippen molar-refractivity contribution in [2.45, 2.75) is 26.2 Å². The monoisotopic (exact) mass is 271 g/mol. The molecule has 4 heteroatoms. The van der Waals surface area contributed by atoms with Crippen LogP contribution in [0, 0.1) is 0 Å². The Kier molecular flexibility index (Phi) is 2.93. The summed E-state index contributed by atoms with van der Waals surface area (Å²) in [4.78, 5) is 0. The number of nitrogens with one attached hydrogen (secondary N) is 1. The predicted octanol–water partition coefficient (Wildman–Crippen LogP) is 3.51. The predicted molar refractivity (Wildman–Crippen MR) is 77.2 cm³/mol. The highest BCUT2D eigenvalue weighted by molar-refractivity contribution is 5.56. The maximum Gasteiger partial charge on any atom is 0.246 e. The van der Waals surface area contributed by atoms with E-state index in [4.69, 9.17) is 9.47 Å². The molecule has 0 fully saturated rings. The zero-order valence-corrected chi connectivity index (χ0v) is 11.5. The smallest absolute Gasteiger partial charge is 0.246 e. The fourth-order valence-electron chi connectivity index (χ4n) is 2.19. The Morgan fingerprint density at radius 3 is 2.60 bits per heavy atom. The molecule has 0 aromatic heterocycles. The van der Waals surface area contributed by atoms with Gasteiger partial charge in [0.2, 0.25) is 5.79 Å². The lowest BCUT2D eigenvalue weighted by atomic mass is 10.2. The van der Waals surface area contributed by atoms with Crippen LogP contribution < -0.4 is 14.8 Å². The summed E-state index contributed by atoms with van der Waals surface area (Å²) in [5, 5.41) is 13.0. The molecule has 1 aliphatic rings. The van der Waals surface area contributed by atoms with E-state index in [9.17, 15) is 5.11 Å². The Labute approximate surface area is 118 Å². The third kappa shape index (κ3) is 2.50. The van der Waals surface area contributed by atoms with Crippen molar-refractivity contribution in [3.8, 4) is 17.2 Å². The summed E-state index contributed by atoms with van der Waals surface area (Å²) in [6, 6.07) is 13.0. The fraction of sp³-hybridized carbons (Fsp3) is 0.250. The lowest BCUT2D eigenvalue weighted by Crippen LogP contribution is -2.29. The molecule has 1 aliphatic heterocycles. The molecule has 2 N–H and O–H groups in total. The van der Waals surface area contributed by atoms with E-state index in [2.05, 4.69) is 5.32 Å². The van der Waals surface area contributed by atoms with Gasteiger partial charge in [0, 0.05) is 37.7 Å². The number of benzene rings is 2. The maximum absolute atomic E-state index is 9.73. The molecule has 0 unspecified atom stereocenters. The van der Waals surface area contributed by atoms with Crippen LogP contribution >= 0.6 is 0 Å². The Morgan fingerprint density at radius 2 is 1.80 bits per heavy atom. The third-order valence-corrected chi connectivity index (χ3v) is 3.13. The van der Waals surface area contributed by atoms with Gasteiger partial charge in [-0.2, -0.15) is 0 Å². The van der Waals surface area contributed by atoms with Crippen molar-refractivity contribution in [1.82, 2.24) is 0 Å². The van der Waals surface area contributed by atoms with Crippen LogP contribution in [-0.4, -0.2) is 10.9 Å².